The van der Waals surface area contributed by atoms with E-state index >= 15 is 0 Å². The third-order valence-corrected chi connectivity index (χ3v) is 4.42. The van der Waals surface area contributed by atoms with E-state index in [0.717, 1.165) is 24.5 Å². The molecule has 1 aliphatic rings. The van der Waals surface area contributed by atoms with E-state index in [2.05, 4.69) is 14.5 Å². The van der Waals surface area contributed by atoms with Gasteiger partial charge in [-0.25, -0.2) is 9.18 Å². The Morgan fingerprint density at radius 1 is 1.04 bits per heavy atom. The second-order valence-electron chi connectivity index (χ2n) is 5.90. The average molecular weight is 359 g/mol. The van der Waals surface area contributed by atoms with Crippen molar-refractivity contribution in [1.29, 1.82) is 0 Å². The van der Waals surface area contributed by atoms with E-state index in [0.29, 0.717) is 13.1 Å². The summed E-state index contributed by atoms with van der Waals surface area (Å²) < 4.78 is 17.7. The number of halogens is 1. The molecule has 1 aliphatic heterocycles. The molecular formula is C18H18FN3O4. The summed E-state index contributed by atoms with van der Waals surface area (Å²) in [6, 6.07) is 10.8. The zero-order valence-electron chi connectivity index (χ0n) is 14.2. The van der Waals surface area contributed by atoms with Crippen molar-refractivity contribution in [2.24, 2.45) is 0 Å². The molecule has 0 aromatic heterocycles. The van der Waals surface area contributed by atoms with Crippen LogP contribution < -0.4 is 9.80 Å². The maximum atomic E-state index is 13.0. The highest BCUT2D eigenvalue weighted by molar-refractivity contribution is 5.95. The number of nitro groups is 1. The molecule has 0 saturated carbocycles. The van der Waals surface area contributed by atoms with Crippen LogP contribution in [0.15, 0.2) is 42.5 Å². The van der Waals surface area contributed by atoms with Gasteiger partial charge in [0.1, 0.15) is 11.4 Å². The summed E-state index contributed by atoms with van der Waals surface area (Å²) in [5, 5.41) is 11.1. The molecule has 0 radical (unpaired) electrons. The number of piperazine rings is 1. The second kappa shape index (κ2) is 7.38. The number of esters is 1. The van der Waals surface area contributed by atoms with Crippen LogP contribution >= 0.6 is 0 Å². The Morgan fingerprint density at radius 3 is 2.12 bits per heavy atom. The summed E-state index contributed by atoms with van der Waals surface area (Å²) in [5.74, 6) is -1.00. The standard InChI is InChI=1S/C18H18FN3O4/c1-26-18(23)16-12-15(6-7-17(16)22(24)25)21-10-8-20(9-11-21)14-4-2-13(19)3-5-14/h2-7,12H,8-11H2,1H3. The third kappa shape index (κ3) is 3.58. The van der Waals surface area contributed by atoms with Gasteiger partial charge in [0.25, 0.3) is 5.69 Å². The number of methoxy groups -OCH3 is 1. The largest absolute Gasteiger partial charge is 0.465 e. The van der Waals surface area contributed by atoms with Gasteiger partial charge in [-0.1, -0.05) is 0 Å². The Morgan fingerprint density at radius 2 is 1.58 bits per heavy atom. The summed E-state index contributed by atoms with van der Waals surface area (Å²) in [7, 11) is 1.19. The Balaban J connectivity index is 1.75. The van der Waals surface area contributed by atoms with Crippen LogP contribution in [0.1, 0.15) is 10.4 Å². The summed E-state index contributed by atoms with van der Waals surface area (Å²) in [5.41, 5.74) is 1.35. The van der Waals surface area contributed by atoms with Crippen LogP contribution in [0.3, 0.4) is 0 Å². The molecule has 7 nitrogen and oxygen atoms in total. The molecule has 8 heteroatoms. The zero-order valence-corrected chi connectivity index (χ0v) is 14.2. The lowest BCUT2D eigenvalue weighted by atomic mass is 10.1. The van der Waals surface area contributed by atoms with Crippen molar-refractivity contribution < 1.29 is 18.8 Å². The number of hydrogen-bond donors (Lipinski definition) is 0. The van der Waals surface area contributed by atoms with Gasteiger partial charge in [-0.15, -0.1) is 0 Å². The van der Waals surface area contributed by atoms with E-state index in [1.807, 2.05) is 0 Å². The Kier molecular flexibility index (Phi) is 5.01. The lowest BCUT2D eigenvalue weighted by Gasteiger charge is -2.37. The van der Waals surface area contributed by atoms with Crippen molar-refractivity contribution in [3.05, 3.63) is 64.0 Å². The SMILES string of the molecule is COC(=O)c1cc(N2CCN(c3ccc(F)cc3)CC2)ccc1[N+](=O)[O-]. The average Bonchev–Trinajstić information content (AvgIpc) is 2.67. The predicted octanol–water partition coefficient (Wildman–Crippen LogP) is 2.85. The maximum Gasteiger partial charge on any atom is 0.344 e. The molecule has 0 N–H and O–H groups in total. The molecule has 0 amide bonds. The molecule has 26 heavy (non-hydrogen) atoms. The van der Waals surface area contributed by atoms with Crippen molar-refractivity contribution in [3.63, 3.8) is 0 Å². The van der Waals surface area contributed by atoms with Crippen LogP contribution in [0.2, 0.25) is 0 Å². The summed E-state index contributed by atoms with van der Waals surface area (Å²) >= 11 is 0. The first-order valence-corrected chi connectivity index (χ1v) is 8.12. The molecule has 1 fully saturated rings. The van der Waals surface area contributed by atoms with Crippen molar-refractivity contribution in [1.82, 2.24) is 0 Å². The van der Waals surface area contributed by atoms with Crippen LogP contribution in [-0.2, 0) is 4.74 Å². The van der Waals surface area contributed by atoms with Gasteiger partial charge in [-0.3, -0.25) is 10.1 Å². The number of ether oxygens (including phenoxy) is 1. The predicted molar refractivity (Wildman–Crippen MR) is 95.3 cm³/mol. The maximum absolute atomic E-state index is 13.0. The van der Waals surface area contributed by atoms with Crippen molar-refractivity contribution in [2.75, 3.05) is 43.1 Å². The number of carbonyl (C=O) groups is 1. The van der Waals surface area contributed by atoms with Gasteiger partial charge in [0.2, 0.25) is 0 Å². The van der Waals surface area contributed by atoms with Gasteiger partial charge >= 0.3 is 5.97 Å². The quantitative estimate of drug-likeness (QED) is 0.475. The smallest absolute Gasteiger partial charge is 0.344 e. The minimum atomic E-state index is -0.733. The molecule has 1 heterocycles. The molecule has 2 aromatic rings. The lowest BCUT2D eigenvalue weighted by Crippen LogP contribution is -2.46. The molecule has 2 aromatic carbocycles. The fourth-order valence-electron chi connectivity index (χ4n) is 3.03. The van der Waals surface area contributed by atoms with E-state index in [4.69, 9.17) is 0 Å². The number of rotatable bonds is 4. The highest BCUT2D eigenvalue weighted by Gasteiger charge is 2.24. The molecular weight excluding hydrogens is 341 g/mol. The second-order valence-corrected chi connectivity index (χ2v) is 5.90. The summed E-state index contributed by atoms with van der Waals surface area (Å²) in [6.07, 6.45) is 0. The highest BCUT2D eigenvalue weighted by Crippen LogP contribution is 2.27. The summed E-state index contributed by atoms with van der Waals surface area (Å²) in [4.78, 5) is 26.6. The molecule has 1 saturated heterocycles. The van der Waals surface area contributed by atoms with Crippen molar-refractivity contribution >= 4 is 23.0 Å². The third-order valence-electron chi connectivity index (χ3n) is 4.42. The van der Waals surface area contributed by atoms with Crippen LogP contribution in [-0.4, -0.2) is 44.2 Å². The van der Waals surface area contributed by atoms with Gasteiger partial charge in [0, 0.05) is 43.6 Å². The molecule has 136 valence electrons. The van der Waals surface area contributed by atoms with Crippen LogP contribution in [0.4, 0.5) is 21.5 Å². The highest BCUT2D eigenvalue weighted by atomic mass is 19.1. The number of anilines is 2. The summed E-state index contributed by atoms with van der Waals surface area (Å²) in [6.45, 7) is 2.79. The van der Waals surface area contributed by atoms with Crippen LogP contribution in [0, 0.1) is 15.9 Å². The van der Waals surface area contributed by atoms with E-state index in [1.54, 1.807) is 18.2 Å². The fraction of sp³-hybridized carbons (Fsp3) is 0.278. The van der Waals surface area contributed by atoms with Gasteiger partial charge < -0.3 is 14.5 Å². The lowest BCUT2D eigenvalue weighted by molar-refractivity contribution is -0.385. The van der Waals surface area contributed by atoms with Gasteiger partial charge in [-0.05, 0) is 36.4 Å². The number of nitro benzene ring substituents is 1. The molecule has 0 spiro atoms. The molecule has 0 atom stereocenters. The van der Waals surface area contributed by atoms with Gasteiger partial charge in [0.05, 0.1) is 12.0 Å². The van der Waals surface area contributed by atoms with E-state index < -0.39 is 10.9 Å². The van der Waals surface area contributed by atoms with Crippen LogP contribution in [0.25, 0.3) is 0 Å². The fourth-order valence-corrected chi connectivity index (χ4v) is 3.03. The minimum Gasteiger partial charge on any atom is -0.465 e. The van der Waals surface area contributed by atoms with Gasteiger partial charge in [0.15, 0.2) is 0 Å². The van der Waals surface area contributed by atoms with Crippen LogP contribution in [0.5, 0.6) is 0 Å². The number of benzene rings is 2. The Bertz CT molecular complexity index is 818. The first-order chi connectivity index (χ1) is 12.5. The Labute approximate surface area is 149 Å². The number of hydrogen-bond acceptors (Lipinski definition) is 6. The van der Waals surface area contributed by atoms with E-state index in [-0.39, 0.29) is 17.1 Å². The monoisotopic (exact) mass is 359 g/mol. The topological polar surface area (TPSA) is 75.9 Å². The molecule has 0 aliphatic carbocycles. The van der Waals surface area contributed by atoms with E-state index in [1.165, 1.54) is 31.4 Å². The minimum absolute atomic E-state index is 0.0593. The molecule has 0 unspecified atom stereocenters. The molecule has 3 rings (SSSR count). The van der Waals surface area contributed by atoms with Crippen molar-refractivity contribution in [2.45, 2.75) is 0 Å². The first kappa shape index (κ1) is 17.7. The van der Waals surface area contributed by atoms with E-state index in [9.17, 15) is 19.3 Å². The number of carbonyl (C=O) groups excluding carboxylic acids is 1. The van der Waals surface area contributed by atoms with Gasteiger partial charge in [-0.2, -0.15) is 0 Å². The first-order valence-electron chi connectivity index (χ1n) is 8.12. The number of nitrogens with zero attached hydrogens (tertiary/aromatic N) is 3. The molecule has 0 bridgehead atoms. The Hall–Kier alpha value is -3.16. The normalized spacial score (nSPS) is 14.2. The van der Waals surface area contributed by atoms with Crippen molar-refractivity contribution in [3.8, 4) is 0 Å². The zero-order chi connectivity index (χ0) is 18.7.